The summed E-state index contributed by atoms with van der Waals surface area (Å²) in [6.45, 7) is 11.6. The molecule has 0 aliphatic carbocycles. The van der Waals surface area contributed by atoms with Crippen LogP contribution in [0.15, 0.2) is 61.2 Å². The third-order valence-electron chi connectivity index (χ3n) is 6.70. The summed E-state index contributed by atoms with van der Waals surface area (Å²) in [7, 11) is 0. The monoisotopic (exact) mass is 442 g/mol. The summed E-state index contributed by atoms with van der Waals surface area (Å²) in [5, 5.41) is 1.54. The number of allylic oxidation sites excluding steroid dienone is 1. The van der Waals surface area contributed by atoms with Crippen molar-refractivity contribution in [3.63, 3.8) is 0 Å². The van der Waals surface area contributed by atoms with Crippen LogP contribution in [-0.4, -0.2) is 23.1 Å². The standard InChI is InChI=1S/C26H30Cl2NO/c1-5-13-26(4)15-22(19-7-6-8-21(28)14-19)24(18-9-11-20(27)12-10-18)29-23(17(2)3)16-30-25(26)29/h5-12,14,17,22-24H,1,13,15-16H2,2-4H3/q+1/t22?,23?,24-,26+/m1/s1. The largest absolute Gasteiger partial charge is 0.441 e. The summed E-state index contributed by atoms with van der Waals surface area (Å²) in [5.74, 6) is 1.87. The van der Waals surface area contributed by atoms with Gasteiger partial charge in [0.25, 0.3) is 0 Å². The fourth-order valence-electron chi connectivity index (χ4n) is 5.26. The Morgan fingerprint density at radius 3 is 2.50 bits per heavy atom. The second-order valence-electron chi connectivity index (χ2n) is 9.25. The van der Waals surface area contributed by atoms with Crippen molar-refractivity contribution in [3.05, 3.63) is 82.4 Å². The van der Waals surface area contributed by atoms with Crippen molar-refractivity contribution >= 4 is 29.1 Å². The first-order valence-electron chi connectivity index (χ1n) is 10.7. The Bertz CT molecular complexity index is 965. The van der Waals surface area contributed by atoms with Crippen LogP contribution in [0, 0.1) is 11.3 Å². The molecule has 0 radical (unpaired) electrons. The molecule has 0 bridgehead atoms. The Labute approximate surface area is 190 Å². The highest BCUT2D eigenvalue weighted by Crippen LogP contribution is 2.51. The predicted octanol–water partition coefficient (Wildman–Crippen LogP) is 7.27. The first-order valence-corrected chi connectivity index (χ1v) is 11.5. The SMILES string of the molecule is C=CC[C@@]1(C)CC(c2cccc(Cl)c2)[C@@H](c2ccc(Cl)cc2)[N+]2=C1OCC2C(C)C. The van der Waals surface area contributed by atoms with E-state index >= 15 is 0 Å². The number of hydrogen-bond donors (Lipinski definition) is 0. The van der Waals surface area contributed by atoms with Crippen molar-refractivity contribution in [2.75, 3.05) is 6.61 Å². The van der Waals surface area contributed by atoms with Crippen LogP contribution in [0.4, 0.5) is 0 Å². The van der Waals surface area contributed by atoms with E-state index in [-0.39, 0.29) is 17.4 Å². The molecule has 2 aromatic rings. The van der Waals surface area contributed by atoms with E-state index in [4.69, 9.17) is 27.9 Å². The van der Waals surface area contributed by atoms with E-state index in [2.05, 4.69) is 62.3 Å². The van der Waals surface area contributed by atoms with E-state index in [9.17, 15) is 0 Å². The van der Waals surface area contributed by atoms with Crippen LogP contribution in [0.25, 0.3) is 0 Å². The maximum atomic E-state index is 6.43. The molecule has 0 fully saturated rings. The van der Waals surface area contributed by atoms with Crippen molar-refractivity contribution < 1.29 is 9.31 Å². The first kappa shape index (κ1) is 21.5. The van der Waals surface area contributed by atoms with Gasteiger partial charge in [0.1, 0.15) is 0 Å². The molecule has 4 atom stereocenters. The molecule has 2 nitrogen and oxygen atoms in total. The van der Waals surface area contributed by atoms with Crippen molar-refractivity contribution in [3.8, 4) is 0 Å². The number of hydrogen-bond acceptors (Lipinski definition) is 1. The van der Waals surface area contributed by atoms with Gasteiger partial charge in [-0.05, 0) is 49.6 Å². The predicted molar refractivity (Wildman–Crippen MR) is 126 cm³/mol. The zero-order valence-electron chi connectivity index (χ0n) is 17.9. The van der Waals surface area contributed by atoms with E-state index in [1.165, 1.54) is 11.1 Å². The summed E-state index contributed by atoms with van der Waals surface area (Å²) < 4.78 is 8.99. The van der Waals surface area contributed by atoms with Crippen LogP contribution in [0.3, 0.4) is 0 Å². The van der Waals surface area contributed by atoms with Crippen LogP contribution < -0.4 is 0 Å². The molecule has 4 heteroatoms. The summed E-state index contributed by atoms with van der Waals surface area (Å²) in [6, 6.07) is 17.1. The van der Waals surface area contributed by atoms with Crippen LogP contribution in [-0.2, 0) is 4.74 Å². The quantitative estimate of drug-likeness (QED) is 0.350. The molecule has 4 rings (SSSR count). The Kier molecular flexibility index (Phi) is 6.01. The molecule has 2 heterocycles. The average molecular weight is 443 g/mol. The van der Waals surface area contributed by atoms with Gasteiger partial charge in [-0.1, -0.05) is 67.4 Å². The minimum Gasteiger partial charge on any atom is -0.441 e. The highest BCUT2D eigenvalue weighted by molar-refractivity contribution is 6.30. The van der Waals surface area contributed by atoms with Crippen LogP contribution in [0.5, 0.6) is 0 Å². The molecule has 0 aromatic heterocycles. The fourth-order valence-corrected chi connectivity index (χ4v) is 5.58. The normalized spacial score (nSPS) is 28.4. The van der Waals surface area contributed by atoms with Gasteiger partial charge < -0.3 is 4.74 Å². The lowest BCUT2D eigenvalue weighted by Gasteiger charge is -2.39. The smallest absolute Gasteiger partial charge is 0.343 e. The van der Waals surface area contributed by atoms with Crippen molar-refractivity contribution in [2.24, 2.45) is 11.3 Å². The van der Waals surface area contributed by atoms with Crippen molar-refractivity contribution in [1.82, 2.24) is 0 Å². The molecule has 2 aliphatic rings. The lowest BCUT2D eigenvalue weighted by molar-refractivity contribution is -0.616. The molecular weight excluding hydrogens is 413 g/mol. The number of rotatable bonds is 5. The summed E-state index contributed by atoms with van der Waals surface area (Å²) in [4.78, 5) is 0. The molecule has 0 amide bonds. The Balaban J connectivity index is 1.94. The number of nitrogens with zero attached hydrogens (tertiary/aromatic N) is 1. The van der Waals surface area contributed by atoms with Crippen LogP contribution in [0.2, 0.25) is 10.0 Å². The van der Waals surface area contributed by atoms with E-state index < -0.39 is 0 Å². The molecular formula is C26H30Cl2NO+. The molecule has 2 unspecified atom stereocenters. The van der Waals surface area contributed by atoms with Crippen LogP contribution >= 0.6 is 23.2 Å². The maximum Gasteiger partial charge on any atom is 0.343 e. The number of benzene rings is 2. The van der Waals surface area contributed by atoms with Gasteiger partial charge >= 0.3 is 5.90 Å². The van der Waals surface area contributed by atoms with Gasteiger partial charge in [0, 0.05) is 21.5 Å². The lowest BCUT2D eigenvalue weighted by atomic mass is 9.69. The number of halogens is 2. The summed E-state index contributed by atoms with van der Waals surface area (Å²) in [5.41, 5.74) is 2.44. The minimum atomic E-state index is -0.0959. The van der Waals surface area contributed by atoms with E-state index in [0.29, 0.717) is 12.0 Å². The minimum absolute atomic E-state index is 0.0959. The number of ether oxygens (including phenoxy) is 1. The molecule has 0 spiro atoms. The van der Waals surface area contributed by atoms with Gasteiger partial charge in [-0.2, -0.15) is 4.58 Å². The van der Waals surface area contributed by atoms with Crippen molar-refractivity contribution in [2.45, 2.75) is 51.6 Å². The van der Waals surface area contributed by atoms with E-state index in [0.717, 1.165) is 35.4 Å². The van der Waals surface area contributed by atoms with Gasteiger partial charge in [-0.3, -0.25) is 0 Å². The fraction of sp³-hybridized carbons (Fsp3) is 0.423. The first-order chi connectivity index (χ1) is 14.3. The van der Waals surface area contributed by atoms with Gasteiger partial charge in [0.15, 0.2) is 18.7 Å². The Hall–Kier alpha value is -1.77. The van der Waals surface area contributed by atoms with E-state index in [1.54, 1.807) is 0 Å². The van der Waals surface area contributed by atoms with E-state index in [1.807, 2.05) is 24.3 Å². The molecule has 158 valence electrons. The zero-order chi connectivity index (χ0) is 21.5. The van der Waals surface area contributed by atoms with Crippen LogP contribution in [0.1, 0.15) is 56.7 Å². The molecule has 0 saturated heterocycles. The second-order valence-corrected chi connectivity index (χ2v) is 10.1. The third-order valence-corrected chi connectivity index (χ3v) is 7.19. The lowest BCUT2D eigenvalue weighted by Crippen LogP contribution is -2.46. The third kappa shape index (κ3) is 3.81. The van der Waals surface area contributed by atoms with Gasteiger partial charge in [-0.15, -0.1) is 6.58 Å². The Morgan fingerprint density at radius 1 is 1.13 bits per heavy atom. The zero-order valence-corrected chi connectivity index (χ0v) is 19.5. The molecule has 0 saturated carbocycles. The second kappa shape index (κ2) is 8.40. The summed E-state index contributed by atoms with van der Waals surface area (Å²) in [6.07, 6.45) is 3.88. The molecule has 2 aromatic carbocycles. The molecule has 2 aliphatic heterocycles. The highest BCUT2D eigenvalue weighted by atomic mass is 35.5. The molecule has 0 N–H and O–H groups in total. The van der Waals surface area contributed by atoms with Gasteiger partial charge in [0.2, 0.25) is 0 Å². The topological polar surface area (TPSA) is 12.2 Å². The molecule has 30 heavy (non-hydrogen) atoms. The summed E-state index contributed by atoms with van der Waals surface area (Å²) >= 11 is 12.7. The van der Waals surface area contributed by atoms with Gasteiger partial charge in [-0.25, -0.2) is 0 Å². The maximum absolute atomic E-state index is 6.43. The average Bonchev–Trinajstić information content (AvgIpc) is 3.15. The van der Waals surface area contributed by atoms with Crippen molar-refractivity contribution in [1.29, 1.82) is 0 Å². The Morgan fingerprint density at radius 2 is 1.87 bits per heavy atom. The van der Waals surface area contributed by atoms with Gasteiger partial charge in [0.05, 0.1) is 11.3 Å². The highest BCUT2D eigenvalue weighted by Gasteiger charge is 2.57.